The summed E-state index contributed by atoms with van der Waals surface area (Å²) in [4.78, 5) is 19.9. The molecule has 0 aliphatic carbocycles. The van der Waals surface area contributed by atoms with Crippen molar-refractivity contribution in [2.75, 3.05) is 20.2 Å². The first kappa shape index (κ1) is 22.0. The van der Waals surface area contributed by atoms with Gasteiger partial charge in [-0.2, -0.15) is 0 Å². The normalized spacial score (nSPS) is 23.9. The Morgan fingerprint density at radius 3 is 2.88 bits per heavy atom. The lowest BCUT2D eigenvalue weighted by Gasteiger charge is -2.34. The Balaban J connectivity index is 1.50. The smallest absolute Gasteiger partial charge is 0.220 e. The highest BCUT2D eigenvalue weighted by Gasteiger charge is 2.49. The number of pyridine rings is 1. The minimum Gasteiger partial charge on any atom is -0.497 e. The third-order valence-electron chi connectivity index (χ3n) is 7.40. The van der Waals surface area contributed by atoms with E-state index in [9.17, 15) is 4.79 Å². The molecule has 33 heavy (non-hydrogen) atoms. The molecular formula is C27H34N4O2. The maximum atomic E-state index is 12.6. The van der Waals surface area contributed by atoms with Crippen molar-refractivity contribution >= 4 is 16.8 Å². The minimum absolute atomic E-state index is 0.177. The Bertz CT molecular complexity index is 1140. The van der Waals surface area contributed by atoms with Gasteiger partial charge in [-0.15, -0.1) is 0 Å². The first-order valence-corrected chi connectivity index (χ1v) is 12.1. The second-order valence-electron chi connectivity index (χ2n) is 9.93. The molecule has 2 aromatic heterocycles. The van der Waals surface area contributed by atoms with E-state index in [0.29, 0.717) is 12.5 Å². The highest BCUT2D eigenvalue weighted by Crippen LogP contribution is 2.41. The lowest BCUT2D eigenvalue weighted by molar-refractivity contribution is -0.122. The molecule has 5 rings (SSSR count). The number of amides is 1. The van der Waals surface area contributed by atoms with Gasteiger partial charge in [0.2, 0.25) is 5.91 Å². The summed E-state index contributed by atoms with van der Waals surface area (Å²) in [6, 6.07) is 12.9. The van der Waals surface area contributed by atoms with Gasteiger partial charge in [-0.1, -0.05) is 12.5 Å². The van der Waals surface area contributed by atoms with Gasteiger partial charge in [-0.3, -0.25) is 14.7 Å². The number of fused-ring (bicyclic) bond motifs is 1. The molecule has 1 aromatic carbocycles. The molecule has 0 saturated carbocycles. The van der Waals surface area contributed by atoms with Crippen LogP contribution in [0.25, 0.3) is 10.9 Å². The van der Waals surface area contributed by atoms with Gasteiger partial charge in [0, 0.05) is 67.0 Å². The van der Waals surface area contributed by atoms with Crippen molar-refractivity contribution in [2.45, 2.75) is 63.6 Å². The highest BCUT2D eigenvalue weighted by atomic mass is 16.5. The van der Waals surface area contributed by atoms with Gasteiger partial charge < -0.3 is 14.6 Å². The van der Waals surface area contributed by atoms with E-state index in [1.54, 1.807) is 7.11 Å². The number of nitrogens with zero attached hydrogens (tertiary/aromatic N) is 3. The van der Waals surface area contributed by atoms with Crippen LogP contribution in [0.1, 0.15) is 62.7 Å². The van der Waals surface area contributed by atoms with Crippen molar-refractivity contribution in [1.82, 2.24) is 19.8 Å². The molecule has 2 atom stereocenters. The summed E-state index contributed by atoms with van der Waals surface area (Å²) >= 11 is 0. The number of aromatic nitrogens is 2. The zero-order chi connectivity index (χ0) is 23.0. The van der Waals surface area contributed by atoms with E-state index in [1.165, 1.54) is 16.5 Å². The SMILES string of the molecule is COc1ccc2c(c1)c(CN1C[C@@H](c3ccccn3)[C@@]3(CCCCC(=O)N3)C1)cn2C(C)C. The van der Waals surface area contributed by atoms with Gasteiger partial charge in [0.15, 0.2) is 0 Å². The molecule has 174 valence electrons. The van der Waals surface area contributed by atoms with Gasteiger partial charge >= 0.3 is 0 Å². The second-order valence-corrected chi connectivity index (χ2v) is 9.93. The van der Waals surface area contributed by atoms with Crippen molar-refractivity contribution in [3.05, 3.63) is 60.0 Å². The van der Waals surface area contributed by atoms with Crippen molar-refractivity contribution in [2.24, 2.45) is 0 Å². The van der Waals surface area contributed by atoms with Crippen LogP contribution >= 0.6 is 0 Å². The van der Waals surface area contributed by atoms with E-state index < -0.39 is 0 Å². The average Bonchev–Trinajstić information content (AvgIpc) is 3.28. The summed E-state index contributed by atoms with van der Waals surface area (Å²) in [6.45, 7) is 7.01. The zero-order valence-electron chi connectivity index (χ0n) is 19.9. The Kier molecular flexibility index (Phi) is 5.87. The number of hydrogen-bond acceptors (Lipinski definition) is 4. The monoisotopic (exact) mass is 446 g/mol. The maximum Gasteiger partial charge on any atom is 0.220 e. The highest BCUT2D eigenvalue weighted by molar-refractivity contribution is 5.85. The number of nitrogens with one attached hydrogen (secondary N) is 1. The van der Waals surface area contributed by atoms with E-state index in [1.807, 2.05) is 18.3 Å². The van der Waals surface area contributed by atoms with Crippen LogP contribution in [0, 0.1) is 0 Å². The zero-order valence-corrected chi connectivity index (χ0v) is 19.9. The first-order valence-electron chi connectivity index (χ1n) is 12.1. The van der Waals surface area contributed by atoms with Crippen LogP contribution in [0.15, 0.2) is 48.8 Å². The number of methoxy groups -OCH3 is 1. The third kappa shape index (κ3) is 4.12. The van der Waals surface area contributed by atoms with Crippen molar-refractivity contribution in [3.63, 3.8) is 0 Å². The average molecular weight is 447 g/mol. The van der Waals surface area contributed by atoms with Crippen molar-refractivity contribution < 1.29 is 9.53 Å². The standard InChI is InChI=1S/C27H34N4O2/c1-19(2)31-16-20(22-14-21(33-3)10-11-25(22)31)15-30-17-23(24-8-5-7-13-28-24)27(18-30)12-6-4-9-26(32)29-27/h5,7-8,10-11,13-14,16,19,23H,4,6,9,12,15,17-18H2,1-3H3,(H,29,32)/t23-,27+/m0/s1. The van der Waals surface area contributed by atoms with Crippen LogP contribution in [0.3, 0.4) is 0 Å². The number of carbonyl (C=O) groups excluding carboxylic acids is 1. The molecule has 2 saturated heterocycles. The molecule has 6 heteroatoms. The molecule has 1 amide bonds. The molecule has 6 nitrogen and oxygen atoms in total. The number of carbonyl (C=O) groups is 1. The molecule has 3 aromatic rings. The van der Waals surface area contributed by atoms with Gasteiger partial charge in [-0.05, 0) is 62.6 Å². The van der Waals surface area contributed by atoms with E-state index >= 15 is 0 Å². The summed E-state index contributed by atoms with van der Waals surface area (Å²) in [5.41, 5.74) is 3.36. The van der Waals surface area contributed by atoms with Crippen LogP contribution in [0.2, 0.25) is 0 Å². The molecule has 0 radical (unpaired) electrons. The molecule has 0 bridgehead atoms. The summed E-state index contributed by atoms with van der Waals surface area (Å²) < 4.78 is 7.88. The van der Waals surface area contributed by atoms with Crippen LogP contribution in [0.5, 0.6) is 5.75 Å². The Morgan fingerprint density at radius 1 is 1.24 bits per heavy atom. The van der Waals surface area contributed by atoms with Gasteiger partial charge in [0.1, 0.15) is 5.75 Å². The Labute approximate surface area is 195 Å². The largest absolute Gasteiger partial charge is 0.497 e. The second kappa shape index (κ2) is 8.82. The summed E-state index contributed by atoms with van der Waals surface area (Å²) in [5.74, 6) is 1.25. The lowest BCUT2D eigenvalue weighted by atomic mass is 9.81. The predicted octanol–water partition coefficient (Wildman–Crippen LogP) is 4.65. The maximum absolute atomic E-state index is 12.6. The number of hydrogen-bond donors (Lipinski definition) is 1. The number of likely N-dealkylation sites (tertiary alicyclic amines) is 1. The van der Waals surface area contributed by atoms with Crippen LogP contribution in [-0.2, 0) is 11.3 Å². The van der Waals surface area contributed by atoms with E-state index in [4.69, 9.17) is 9.72 Å². The summed E-state index contributed by atoms with van der Waals surface area (Å²) in [6.07, 6.45) is 7.81. The molecule has 2 aliphatic heterocycles. The molecule has 0 unspecified atom stereocenters. The first-order chi connectivity index (χ1) is 16.0. The lowest BCUT2D eigenvalue weighted by Crippen LogP contribution is -2.52. The molecule has 4 heterocycles. The quantitative estimate of drug-likeness (QED) is 0.620. The molecule has 2 fully saturated rings. The van der Waals surface area contributed by atoms with Crippen molar-refractivity contribution in [1.29, 1.82) is 0 Å². The Hall–Kier alpha value is -2.86. The van der Waals surface area contributed by atoms with Crippen LogP contribution in [-0.4, -0.2) is 46.1 Å². The molecule has 1 spiro atoms. The molecular weight excluding hydrogens is 412 g/mol. The fourth-order valence-electron chi connectivity index (χ4n) is 5.82. The molecule has 1 N–H and O–H groups in total. The van der Waals surface area contributed by atoms with E-state index in [2.05, 4.69) is 59.1 Å². The van der Waals surface area contributed by atoms with E-state index in [-0.39, 0.29) is 17.4 Å². The number of rotatable bonds is 5. The van der Waals surface area contributed by atoms with Gasteiger partial charge in [0.25, 0.3) is 0 Å². The van der Waals surface area contributed by atoms with Crippen LogP contribution < -0.4 is 10.1 Å². The number of benzene rings is 1. The Morgan fingerprint density at radius 2 is 2.12 bits per heavy atom. The van der Waals surface area contributed by atoms with Gasteiger partial charge in [0.05, 0.1) is 12.6 Å². The van der Waals surface area contributed by atoms with E-state index in [0.717, 1.165) is 50.3 Å². The fourth-order valence-corrected chi connectivity index (χ4v) is 5.82. The minimum atomic E-state index is -0.254. The predicted molar refractivity (Wildman–Crippen MR) is 130 cm³/mol. The van der Waals surface area contributed by atoms with Crippen molar-refractivity contribution in [3.8, 4) is 5.75 Å². The van der Waals surface area contributed by atoms with Crippen LogP contribution in [0.4, 0.5) is 0 Å². The summed E-state index contributed by atoms with van der Waals surface area (Å²) in [5, 5.41) is 4.69. The third-order valence-corrected chi connectivity index (χ3v) is 7.40. The topological polar surface area (TPSA) is 59.4 Å². The fraction of sp³-hybridized carbons (Fsp3) is 0.481. The number of ether oxygens (including phenoxy) is 1. The van der Waals surface area contributed by atoms with Gasteiger partial charge in [-0.25, -0.2) is 0 Å². The summed E-state index contributed by atoms with van der Waals surface area (Å²) in [7, 11) is 1.72. The molecule has 2 aliphatic rings.